The summed E-state index contributed by atoms with van der Waals surface area (Å²) in [7, 11) is 0. The Morgan fingerprint density at radius 3 is 2.95 bits per heavy atom. The third-order valence-corrected chi connectivity index (χ3v) is 3.26. The van der Waals surface area contributed by atoms with Crippen LogP contribution in [0.4, 0.5) is 0 Å². The van der Waals surface area contributed by atoms with E-state index in [4.69, 9.17) is 0 Å². The van der Waals surface area contributed by atoms with Crippen LogP contribution in [0.2, 0.25) is 0 Å². The molecule has 1 unspecified atom stereocenters. The monoisotopic (exact) mass is 253 g/mol. The van der Waals surface area contributed by atoms with Crippen LogP contribution in [0.15, 0.2) is 48.8 Å². The van der Waals surface area contributed by atoms with Gasteiger partial charge in [0.05, 0.1) is 11.2 Å². The van der Waals surface area contributed by atoms with Crippen molar-refractivity contribution in [1.82, 2.24) is 14.8 Å². The van der Waals surface area contributed by atoms with Crippen molar-refractivity contribution in [2.45, 2.75) is 19.6 Å². The first kappa shape index (κ1) is 11.9. The van der Waals surface area contributed by atoms with Gasteiger partial charge in [-0.3, -0.25) is 9.67 Å². The van der Waals surface area contributed by atoms with Crippen LogP contribution in [-0.2, 0) is 6.54 Å². The molecule has 0 aliphatic heterocycles. The molecule has 2 heterocycles. The van der Waals surface area contributed by atoms with Gasteiger partial charge in [-0.1, -0.05) is 18.2 Å². The molecule has 1 atom stereocenters. The quantitative estimate of drug-likeness (QED) is 0.780. The number of rotatable bonds is 3. The van der Waals surface area contributed by atoms with Gasteiger partial charge in [-0.2, -0.15) is 5.10 Å². The molecule has 0 bridgehead atoms. The molecule has 0 aliphatic rings. The molecule has 0 radical (unpaired) electrons. The van der Waals surface area contributed by atoms with Gasteiger partial charge in [0, 0.05) is 29.9 Å². The molecule has 2 aromatic heterocycles. The maximum absolute atomic E-state index is 10.5. The average molecular weight is 253 g/mol. The zero-order chi connectivity index (χ0) is 13.2. The summed E-state index contributed by atoms with van der Waals surface area (Å²) >= 11 is 0. The number of hydrogen-bond acceptors (Lipinski definition) is 3. The number of hydrogen-bond donors (Lipinski definition) is 1. The minimum atomic E-state index is -0.695. The summed E-state index contributed by atoms with van der Waals surface area (Å²) in [6, 6.07) is 11.7. The Hall–Kier alpha value is -2.20. The largest absolute Gasteiger partial charge is 0.382 e. The maximum atomic E-state index is 10.5. The van der Waals surface area contributed by atoms with E-state index in [1.165, 1.54) is 0 Å². The average Bonchev–Trinajstić information content (AvgIpc) is 2.94. The van der Waals surface area contributed by atoms with Gasteiger partial charge in [-0.15, -0.1) is 0 Å². The number of aliphatic hydroxyl groups is 1. The lowest BCUT2D eigenvalue weighted by molar-refractivity contribution is 0.208. The molecule has 1 N–H and O–H groups in total. The molecule has 0 aliphatic carbocycles. The van der Waals surface area contributed by atoms with Crippen LogP contribution < -0.4 is 0 Å². The van der Waals surface area contributed by atoms with Gasteiger partial charge in [0.15, 0.2) is 0 Å². The summed E-state index contributed by atoms with van der Waals surface area (Å²) in [6.45, 7) is 2.74. The molecule has 0 fully saturated rings. The van der Waals surface area contributed by atoms with E-state index in [0.29, 0.717) is 0 Å². The van der Waals surface area contributed by atoms with Crippen LogP contribution in [-0.4, -0.2) is 19.9 Å². The third kappa shape index (κ3) is 2.11. The Morgan fingerprint density at radius 1 is 1.26 bits per heavy atom. The van der Waals surface area contributed by atoms with Gasteiger partial charge < -0.3 is 5.11 Å². The second-order valence-electron chi connectivity index (χ2n) is 4.44. The standard InChI is InChI=1S/C15H15N3O/c1-2-18-14(7-8-17-18)15(19)12-9-11-5-3-4-6-13(11)16-10-12/h3-10,15,19H,2H2,1H3. The van der Waals surface area contributed by atoms with E-state index in [9.17, 15) is 5.11 Å². The van der Waals surface area contributed by atoms with E-state index in [0.717, 1.165) is 28.7 Å². The number of benzene rings is 1. The molecular formula is C15H15N3O. The maximum Gasteiger partial charge on any atom is 0.122 e. The van der Waals surface area contributed by atoms with Gasteiger partial charge in [0.2, 0.25) is 0 Å². The van der Waals surface area contributed by atoms with Crippen LogP contribution in [0, 0.1) is 0 Å². The number of aryl methyl sites for hydroxylation is 1. The molecule has 1 aromatic carbocycles. The summed E-state index contributed by atoms with van der Waals surface area (Å²) in [4.78, 5) is 4.38. The van der Waals surface area contributed by atoms with E-state index >= 15 is 0 Å². The lowest BCUT2D eigenvalue weighted by Crippen LogP contribution is -2.09. The minimum absolute atomic E-state index is 0.695. The first-order valence-electron chi connectivity index (χ1n) is 6.34. The molecule has 3 aromatic rings. The zero-order valence-corrected chi connectivity index (χ0v) is 10.7. The van der Waals surface area contributed by atoms with E-state index < -0.39 is 6.10 Å². The van der Waals surface area contributed by atoms with Crippen LogP contribution >= 0.6 is 0 Å². The molecule has 0 amide bonds. The highest BCUT2D eigenvalue weighted by molar-refractivity contribution is 5.78. The van der Waals surface area contributed by atoms with Crippen molar-refractivity contribution < 1.29 is 5.11 Å². The Morgan fingerprint density at radius 2 is 2.11 bits per heavy atom. The number of aliphatic hydroxyl groups excluding tert-OH is 1. The first-order chi connectivity index (χ1) is 9.29. The number of aromatic nitrogens is 3. The summed E-state index contributed by atoms with van der Waals surface area (Å²) in [6.07, 6.45) is 2.73. The molecule has 4 heteroatoms. The lowest BCUT2D eigenvalue weighted by atomic mass is 10.1. The van der Waals surface area contributed by atoms with Gasteiger partial charge in [0.25, 0.3) is 0 Å². The van der Waals surface area contributed by atoms with Gasteiger partial charge in [0.1, 0.15) is 6.10 Å². The number of para-hydroxylation sites is 1. The lowest BCUT2D eigenvalue weighted by Gasteiger charge is -2.13. The van der Waals surface area contributed by atoms with Gasteiger partial charge in [-0.05, 0) is 25.1 Å². The first-order valence-corrected chi connectivity index (χ1v) is 6.34. The van der Waals surface area contributed by atoms with Crippen molar-refractivity contribution in [2.24, 2.45) is 0 Å². The van der Waals surface area contributed by atoms with Gasteiger partial charge >= 0.3 is 0 Å². The minimum Gasteiger partial charge on any atom is -0.382 e. The molecule has 0 spiro atoms. The van der Waals surface area contributed by atoms with Crippen molar-refractivity contribution in [2.75, 3.05) is 0 Å². The highest BCUT2D eigenvalue weighted by Crippen LogP contribution is 2.23. The summed E-state index contributed by atoms with van der Waals surface area (Å²) in [5.41, 5.74) is 2.51. The van der Waals surface area contributed by atoms with Gasteiger partial charge in [-0.25, -0.2) is 0 Å². The van der Waals surface area contributed by atoms with E-state index in [2.05, 4.69) is 10.1 Å². The number of pyridine rings is 1. The second-order valence-corrected chi connectivity index (χ2v) is 4.44. The molecule has 3 rings (SSSR count). The van der Waals surface area contributed by atoms with Crippen LogP contribution in [0.5, 0.6) is 0 Å². The Kier molecular flexibility index (Phi) is 3.01. The predicted octanol–water partition coefficient (Wildman–Crippen LogP) is 2.53. The highest BCUT2D eigenvalue weighted by atomic mass is 16.3. The molecule has 0 saturated carbocycles. The third-order valence-electron chi connectivity index (χ3n) is 3.26. The van der Waals surface area contributed by atoms with Crippen molar-refractivity contribution in [3.05, 3.63) is 60.0 Å². The van der Waals surface area contributed by atoms with Crippen LogP contribution in [0.25, 0.3) is 10.9 Å². The van der Waals surface area contributed by atoms with Crippen LogP contribution in [0.1, 0.15) is 24.3 Å². The highest BCUT2D eigenvalue weighted by Gasteiger charge is 2.15. The normalized spacial score (nSPS) is 12.7. The van der Waals surface area contributed by atoms with Crippen molar-refractivity contribution >= 4 is 10.9 Å². The predicted molar refractivity (Wildman–Crippen MR) is 73.7 cm³/mol. The number of fused-ring (bicyclic) bond motifs is 1. The van der Waals surface area contributed by atoms with Crippen molar-refractivity contribution in [3.63, 3.8) is 0 Å². The van der Waals surface area contributed by atoms with Crippen LogP contribution in [0.3, 0.4) is 0 Å². The molecule has 96 valence electrons. The Bertz CT molecular complexity index is 705. The zero-order valence-electron chi connectivity index (χ0n) is 10.7. The summed E-state index contributed by atoms with van der Waals surface area (Å²) in [5, 5.41) is 15.7. The SMILES string of the molecule is CCn1nccc1C(O)c1cnc2ccccc2c1. The molecule has 4 nitrogen and oxygen atoms in total. The van der Waals surface area contributed by atoms with E-state index in [1.807, 2.05) is 43.3 Å². The summed E-state index contributed by atoms with van der Waals surface area (Å²) < 4.78 is 1.79. The molecule has 0 saturated heterocycles. The summed E-state index contributed by atoms with van der Waals surface area (Å²) in [5.74, 6) is 0. The van der Waals surface area contributed by atoms with Crippen molar-refractivity contribution in [3.8, 4) is 0 Å². The Balaban J connectivity index is 2.04. The smallest absolute Gasteiger partial charge is 0.122 e. The topological polar surface area (TPSA) is 50.9 Å². The fourth-order valence-corrected chi connectivity index (χ4v) is 2.25. The second kappa shape index (κ2) is 4.82. The molecular weight excluding hydrogens is 238 g/mol. The van der Waals surface area contributed by atoms with E-state index in [-0.39, 0.29) is 0 Å². The fraction of sp³-hybridized carbons (Fsp3) is 0.200. The number of nitrogens with zero attached hydrogens (tertiary/aromatic N) is 3. The van der Waals surface area contributed by atoms with E-state index in [1.54, 1.807) is 17.1 Å². The molecule has 19 heavy (non-hydrogen) atoms. The van der Waals surface area contributed by atoms with Crippen molar-refractivity contribution in [1.29, 1.82) is 0 Å². The Labute approximate surface area is 111 Å². The fourth-order valence-electron chi connectivity index (χ4n) is 2.25.